The lowest BCUT2D eigenvalue weighted by atomic mass is 9.90. The summed E-state index contributed by atoms with van der Waals surface area (Å²) in [5.74, 6) is -0.390. The zero-order chi connectivity index (χ0) is 11.5. The minimum atomic E-state index is -0.390. The molecule has 0 saturated carbocycles. The molecule has 0 saturated heterocycles. The van der Waals surface area contributed by atoms with E-state index >= 15 is 0 Å². The molecule has 0 atom stereocenters. The van der Waals surface area contributed by atoms with Gasteiger partial charge in [-0.25, -0.2) is 4.79 Å². The van der Waals surface area contributed by atoms with E-state index in [9.17, 15) is 4.79 Å². The van der Waals surface area contributed by atoms with Crippen molar-refractivity contribution in [1.82, 2.24) is 5.17 Å². The van der Waals surface area contributed by atoms with E-state index in [-0.39, 0.29) is 5.41 Å². The van der Waals surface area contributed by atoms with Crippen molar-refractivity contribution in [2.75, 3.05) is 0 Å². The van der Waals surface area contributed by atoms with Gasteiger partial charge in [0.2, 0.25) is 0 Å². The van der Waals surface area contributed by atoms with Gasteiger partial charge in [0, 0.05) is 12.3 Å². The summed E-state index contributed by atoms with van der Waals surface area (Å²) >= 11 is 0. The number of hydrogen-bond donors (Lipinski definition) is 0. The van der Waals surface area contributed by atoms with Crippen LogP contribution in [0, 0.1) is 5.41 Å². The van der Waals surface area contributed by atoms with Crippen LogP contribution in [0.5, 0.6) is 0 Å². The van der Waals surface area contributed by atoms with Crippen molar-refractivity contribution in [1.29, 1.82) is 0 Å². The zero-order valence-electron chi connectivity index (χ0n) is 9.52. The Kier molecular flexibility index (Phi) is 3.29. The van der Waals surface area contributed by atoms with Gasteiger partial charge >= 0.3 is 5.97 Å². The summed E-state index contributed by atoms with van der Waals surface area (Å²) in [4.78, 5) is 15.7. The molecule has 0 aliphatic carbocycles. The van der Waals surface area contributed by atoms with Gasteiger partial charge in [-0.15, -0.1) is 5.10 Å². The smallest absolute Gasteiger partial charge is 0.320 e. The fourth-order valence-corrected chi connectivity index (χ4v) is 1.03. The van der Waals surface area contributed by atoms with Gasteiger partial charge < -0.3 is 4.84 Å². The molecule has 4 nitrogen and oxygen atoms in total. The normalized spacial score (nSPS) is 16.0. The van der Waals surface area contributed by atoms with Gasteiger partial charge in [0.25, 0.3) is 0 Å². The summed E-state index contributed by atoms with van der Waals surface area (Å²) < 4.78 is 0. The van der Waals surface area contributed by atoms with Crippen LogP contribution in [0.15, 0.2) is 29.5 Å². The third-order valence-electron chi connectivity index (χ3n) is 1.78. The van der Waals surface area contributed by atoms with Gasteiger partial charge in [0.15, 0.2) is 0 Å². The summed E-state index contributed by atoms with van der Waals surface area (Å²) in [6.45, 7) is 7.49. The summed E-state index contributed by atoms with van der Waals surface area (Å²) in [7, 11) is 0. The van der Waals surface area contributed by atoms with Crippen LogP contribution in [0.4, 0.5) is 0 Å². The van der Waals surface area contributed by atoms with Gasteiger partial charge in [-0.2, -0.15) is 0 Å². The van der Waals surface area contributed by atoms with Crippen molar-refractivity contribution < 1.29 is 9.63 Å². The fourth-order valence-electron chi connectivity index (χ4n) is 1.03. The summed E-state index contributed by atoms with van der Waals surface area (Å²) in [5, 5.41) is 5.40. The molecule has 1 rings (SSSR count). The number of carbonyl (C=O) groups is 1. The molecular weight excluding hydrogens is 192 g/mol. The van der Waals surface area contributed by atoms with E-state index in [1.807, 2.05) is 32.9 Å². The molecule has 0 N–H and O–H groups in total. The summed E-state index contributed by atoms with van der Waals surface area (Å²) in [6, 6.07) is 0. The van der Waals surface area contributed by atoms with E-state index in [0.29, 0.717) is 0 Å². The van der Waals surface area contributed by atoms with E-state index in [4.69, 9.17) is 4.84 Å². The lowest BCUT2D eigenvalue weighted by molar-refractivity contribution is -0.175. The van der Waals surface area contributed by atoms with Gasteiger partial charge in [0.1, 0.15) is 0 Å². The van der Waals surface area contributed by atoms with Crippen LogP contribution in [0.1, 0.15) is 27.7 Å². The topological polar surface area (TPSA) is 41.9 Å². The third kappa shape index (κ3) is 3.58. The average molecular weight is 208 g/mol. The standard InChI is InChI=1S/C11H16N2O2/c1-9(14)15-13-8-6-5-7-10(12-13)11(2,3)4/h5-8H,1-4H3. The number of allylic oxidation sites excluding steroid dienone is 3. The number of carbonyl (C=O) groups excluding carboxylic acids is 1. The first kappa shape index (κ1) is 11.5. The zero-order valence-corrected chi connectivity index (χ0v) is 9.52. The second-order valence-electron chi connectivity index (χ2n) is 4.32. The van der Waals surface area contributed by atoms with Gasteiger partial charge in [-0.3, -0.25) is 0 Å². The lowest BCUT2D eigenvalue weighted by Gasteiger charge is -2.20. The maximum absolute atomic E-state index is 10.8. The average Bonchev–Trinajstić information content (AvgIpc) is 2.27. The highest BCUT2D eigenvalue weighted by Crippen LogP contribution is 2.19. The minimum Gasteiger partial charge on any atom is -0.320 e. The quantitative estimate of drug-likeness (QED) is 0.663. The van der Waals surface area contributed by atoms with Crippen molar-refractivity contribution in [3.63, 3.8) is 0 Å². The molecule has 1 heterocycles. The van der Waals surface area contributed by atoms with E-state index in [1.54, 1.807) is 12.3 Å². The summed E-state index contributed by atoms with van der Waals surface area (Å²) in [6.07, 6.45) is 7.13. The van der Waals surface area contributed by atoms with E-state index in [2.05, 4.69) is 5.10 Å². The number of hydrazone groups is 1. The van der Waals surface area contributed by atoms with Crippen LogP contribution in [0.25, 0.3) is 0 Å². The van der Waals surface area contributed by atoms with Crippen LogP contribution in [0.2, 0.25) is 0 Å². The molecule has 1 aliphatic rings. The molecule has 0 spiro atoms. The molecule has 0 unspecified atom stereocenters. The molecule has 0 amide bonds. The SMILES string of the molecule is CC(=O)ON1C=CC=CC(C(C)(C)C)=N1. The molecule has 4 heteroatoms. The first-order valence-corrected chi connectivity index (χ1v) is 4.81. The van der Waals surface area contributed by atoms with Crippen molar-refractivity contribution in [2.45, 2.75) is 27.7 Å². The third-order valence-corrected chi connectivity index (χ3v) is 1.78. The molecule has 82 valence electrons. The highest BCUT2D eigenvalue weighted by atomic mass is 16.7. The number of hydrogen-bond acceptors (Lipinski definition) is 4. The molecular formula is C11H16N2O2. The fraction of sp³-hybridized carbons (Fsp3) is 0.455. The maximum atomic E-state index is 10.8. The van der Waals surface area contributed by atoms with Crippen LogP contribution in [-0.4, -0.2) is 16.9 Å². The largest absolute Gasteiger partial charge is 0.331 e. The second kappa shape index (κ2) is 4.29. The predicted octanol–water partition coefficient (Wildman–Crippen LogP) is 2.25. The molecule has 0 fully saturated rings. The second-order valence-corrected chi connectivity index (χ2v) is 4.32. The number of nitrogens with zero attached hydrogens (tertiary/aromatic N) is 2. The van der Waals surface area contributed by atoms with Crippen LogP contribution in [0.3, 0.4) is 0 Å². The Morgan fingerprint density at radius 2 is 2.07 bits per heavy atom. The van der Waals surface area contributed by atoms with E-state index in [0.717, 1.165) is 5.71 Å². The van der Waals surface area contributed by atoms with Crippen molar-refractivity contribution in [2.24, 2.45) is 10.5 Å². The van der Waals surface area contributed by atoms with Crippen molar-refractivity contribution in [3.8, 4) is 0 Å². The molecule has 0 aromatic rings. The summed E-state index contributed by atoms with van der Waals surface area (Å²) in [5.41, 5.74) is 0.773. The Balaban J connectivity index is 2.88. The van der Waals surface area contributed by atoms with Crippen LogP contribution >= 0.6 is 0 Å². The Hall–Kier alpha value is -1.58. The Bertz CT molecular complexity index is 335. The molecule has 1 aliphatic heterocycles. The predicted molar refractivity (Wildman–Crippen MR) is 58.8 cm³/mol. The Morgan fingerprint density at radius 3 is 2.60 bits per heavy atom. The molecule has 0 aromatic carbocycles. The van der Waals surface area contributed by atoms with Gasteiger partial charge in [-0.05, 0) is 12.2 Å². The molecule has 15 heavy (non-hydrogen) atoms. The minimum absolute atomic E-state index is 0.0824. The molecule has 0 radical (unpaired) electrons. The highest BCUT2D eigenvalue weighted by Gasteiger charge is 2.19. The van der Waals surface area contributed by atoms with E-state index < -0.39 is 5.97 Å². The molecule has 0 bridgehead atoms. The maximum Gasteiger partial charge on any atom is 0.331 e. The first-order chi connectivity index (χ1) is 6.89. The van der Waals surface area contributed by atoms with Gasteiger partial charge in [-0.1, -0.05) is 32.0 Å². The highest BCUT2D eigenvalue weighted by molar-refractivity contribution is 5.99. The van der Waals surface area contributed by atoms with Crippen LogP contribution < -0.4 is 0 Å². The van der Waals surface area contributed by atoms with Gasteiger partial charge in [0.05, 0.1) is 11.9 Å². The monoisotopic (exact) mass is 208 g/mol. The first-order valence-electron chi connectivity index (χ1n) is 4.81. The van der Waals surface area contributed by atoms with Crippen molar-refractivity contribution >= 4 is 11.7 Å². The van der Waals surface area contributed by atoms with E-state index in [1.165, 1.54) is 12.1 Å². The van der Waals surface area contributed by atoms with Crippen LogP contribution in [-0.2, 0) is 9.63 Å². The molecule has 0 aromatic heterocycles. The Morgan fingerprint density at radius 1 is 1.40 bits per heavy atom. The Labute approximate surface area is 89.9 Å². The number of hydroxylamine groups is 1. The van der Waals surface area contributed by atoms with Crippen molar-refractivity contribution in [3.05, 3.63) is 24.4 Å². The lowest BCUT2D eigenvalue weighted by Crippen LogP contribution is -2.23. The number of rotatable bonds is 1.